The first kappa shape index (κ1) is 19.9. The summed E-state index contributed by atoms with van der Waals surface area (Å²) >= 11 is 12.9. The van der Waals surface area contributed by atoms with Crippen LogP contribution in [0.15, 0.2) is 24.3 Å². The van der Waals surface area contributed by atoms with Crippen LogP contribution in [0.25, 0.3) is 0 Å². The third-order valence-corrected chi connectivity index (χ3v) is 5.61. The van der Waals surface area contributed by atoms with Gasteiger partial charge in [-0.05, 0) is 46.2 Å². The molecule has 0 spiro atoms. The van der Waals surface area contributed by atoms with Crippen molar-refractivity contribution in [3.63, 3.8) is 0 Å². The molecule has 0 aliphatic rings. The van der Waals surface area contributed by atoms with Gasteiger partial charge in [-0.15, -0.1) is 0 Å². The normalized spacial score (nSPS) is 12.2. The van der Waals surface area contributed by atoms with Gasteiger partial charge in [0.2, 0.25) is 0 Å². The Morgan fingerprint density at radius 3 is 1.32 bits per heavy atom. The smallest absolute Gasteiger partial charge is 0.134 e. The molecule has 0 amide bonds. The number of phenols is 2. The van der Waals surface area contributed by atoms with E-state index < -0.39 is 5.41 Å². The summed E-state index contributed by atoms with van der Waals surface area (Å²) in [7, 11) is 0. The maximum atomic E-state index is 10.0. The summed E-state index contributed by atoms with van der Waals surface area (Å²) in [5, 5.41) is 20.9. The summed E-state index contributed by atoms with van der Waals surface area (Å²) in [6, 6.07) is 7.15. The Bertz CT molecular complexity index is 727. The molecule has 2 aromatic carbocycles. The quantitative estimate of drug-likeness (QED) is 0.600. The van der Waals surface area contributed by atoms with Gasteiger partial charge in [0.25, 0.3) is 0 Å². The second-order valence-corrected chi connectivity index (χ2v) is 8.41. The standard InChI is InChI=1S/C21H26Cl2O2/c1-11(2)17-13(7-9-15(24)19(17)22)21(5,6)14-8-10-16(25)20(23)18(14)12(3)4/h7-12,24-25H,1-6H3. The average molecular weight is 381 g/mol. The number of benzene rings is 2. The molecule has 0 fully saturated rings. The Kier molecular flexibility index (Phi) is 5.65. The lowest BCUT2D eigenvalue weighted by molar-refractivity contribution is 0.471. The molecule has 25 heavy (non-hydrogen) atoms. The number of halogens is 2. The predicted octanol–water partition coefficient (Wildman–Crippen LogP) is 6.98. The maximum Gasteiger partial charge on any atom is 0.134 e. The highest BCUT2D eigenvalue weighted by atomic mass is 35.5. The number of hydrogen-bond acceptors (Lipinski definition) is 2. The lowest BCUT2D eigenvalue weighted by Gasteiger charge is -2.33. The highest BCUT2D eigenvalue weighted by molar-refractivity contribution is 6.33. The lowest BCUT2D eigenvalue weighted by Crippen LogP contribution is -2.24. The number of rotatable bonds is 4. The Hall–Kier alpha value is -1.38. The molecule has 0 heterocycles. The van der Waals surface area contributed by atoms with Crippen molar-refractivity contribution in [3.05, 3.63) is 56.6 Å². The predicted molar refractivity (Wildman–Crippen MR) is 107 cm³/mol. The van der Waals surface area contributed by atoms with Crippen LogP contribution in [0.4, 0.5) is 0 Å². The molecule has 0 radical (unpaired) electrons. The minimum Gasteiger partial charge on any atom is -0.506 e. The molecule has 0 aliphatic heterocycles. The Morgan fingerprint density at radius 1 is 0.720 bits per heavy atom. The maximum absolute atomic E-state index is 10.0. The van der Waals surface area contributed by atoms with E-state index in [4.69, 9.17) is 23.2 Å². The summed E-state index contributed by atoms with van der Waals surface area (Å²) in [5.74, 6) is 0.503. The first-order chi connectivity index (χ1) is 11.5. The second kappa shape index (κ2) is 7.09. The van der Waals surface area contributed by atoms with Crippen LogP contribution in [-0.4, -0.2) is 10.2 Å². The first-order valence-electron chi connectivity index (χ1n) is 8.53. The van der Waals surface area contributed by atoms with Crippen molar-refractivity contribution in [2.45, 2.75) is 58.8 Å². The van der Waals surface area contributed by atoms with Crippen molar-refractivity contribution < 1.29 is 10.2 Å². The van der Waals surface area contributed by atoms with E-state index >= 15 is 0 Å². The van der Waals surface area contributed by atoms with E-state index in [1.54, 1.807) is 12.1 Å². The zero-order valence-corrected chi connectivity index (χ0v) is 17.1. The van der Waals surface area contributed by atoms with Crippen molar-refractivity contribution in [1.29, 1.82) is 0 Å². The molecule has 2 aromatic rings. The highest BCUT2D eigenvalue weighted by Crippen LogP contribution is 2.46. The van der Waals surface area contributed by atoms with Crippen LogP contribution in [0.1, 0.15) is 75.6 Å². The highest BCUT2D eigenvalue weighted by Gasteiger charge is 2.32. The summed E-state index contributed by atoms with van der Waals surface area (Å²) in [6.45, 7) is 12.5. The van der Waals surface area contributed by atoms with Crippen molar-refractivity contribution >= 4 is 23.2 Å². The van der Waals surface area contributed by atoms with Crippen LogP contribution in [-0.2, 0) is 5.41 Å². The summed E-state index contributed by atoms with van der Waals surface area (Å²) in [5.41, 5.74) is 3.58. The average Bonchev–Trinajstić information content (AvgIpc) is 2.51. The molecule has 4 heteroatoms. The van der Waals surface area contributed by atoms with Gasteiger partial charge in [0.05, 0.1) is 10.0 Å². The fraction of sp³-hybridized carbons (Fsp3) is 0.429. The van der Waals surface area contributed by atoms with Gasteiger partial charge in [0.1, 0.15) is 11.5 Å². The number of hydrogen-bond donors (Lipinski definition) is 2. The van der Waals surface area contributed by atoms with Gasteiger partial charge in [0, 0.05) is 5.41 Å². The molecule has 0 atom stereocenters. The van der Waals surface area contributed by atoms with E-state index in [2.05, 4.69) is 41.5 Å². The molecular weight excluding hydrogens is 355 g/mol. The molecule has 0 saturated heterocycles. The molecule has 2 rings (SSSR count). The molecule has 0 unspecified atom stereocenters. The third-order valence-electron chi connectivity index (χ3n) is 4.82. The summed E-state index contributed by atoms with van der Waals surface area (Å²) in [4.78, 5) is 0. The van der Waals surface area contributed by atoms with Gasteiger partial charge in [0.15, 0.2) is 0 Å². The van der Waals surface area contributed by atoms with Gasteiger partial charge >= 0.3 is 0 Å². The van der Waals surface area contributed by atoms with Crippen molar-refractivity contribution in [2.24, 2.45) is 0 Å². The zero-order valence-electron chi connectivity index (χ0n) is 15.6. The molecule has 0 bridgehead atoms. The monoisotopic (exact) mass is 380 g/mol. The van der Waals surface area contributed by atoms with Crippen LogP contribution in [0, 0.1) is 0 Å². The van der Waals surface area contributed by atoms with Crippen LogP contribution < -0.4 is 0 Å². The molecule has 0 saturated carbocycles. The van der Waals surface area contributed by atoms with E-state index in [0.717, 1.165) is 22.3 Å². The Balaban J connectivity index is 2.81. The van der Waals surface area contributed by atoms with Gasteiger partial charge in [-0.1, -0.05) is 76.9 Å². The fourth-order valence-electron chi connectivity index (χ4n) is 3.53. The Labute approximate surface area is 160 Å². The summed E-state index contributed by atoms with van der Waals surface area (Å²) < 4.78 is 0. The molecule has 136 valence electrons. The van der Waals surface area contributed by atoms with Crippen LogP contribution >= 0.6 is 23.2 Å². The van der Waals surface area contributed by atoms with Gasteiger partial charge in [-0.2, -0.15) is 0 Å². The van der Waals surface area contributed by atoms with E-state index in [-0.39, 0.29) is 23.3 Å². The summed E-state index contributed by atoms with van der Waals surface area (Å²) in [6.07, 6.45) is 0. The zero-order chi connectivity index (χ0) is 19.1. The molecular formula is C21H26Cl2O2. The Morgan fingerprint density at radius 2 is 1.04 bits per heavy atom. The molecule has 0 aromatic heterocycles. The second-order valence-electron chi connectivity index (χ2n) is 7.65. The largest absolute Gasteiger partial charge is 0.506 e. The fourth-order valence-corrected chi connectivity index (χ4v) is 4.29. The number of aromatic hydroxyl groups is 2. The van der Waals surface area contributed by atoms with E-state index in [1.807, 2.05) is 12.1 Å². The topological polar surface area (TPSA) is 40.5 Å². The van der Waals surface area contributed by atoms with Gasteiger partial charge in [-0.25, -0.2) is 0 Å². The minimum absolute atomic E-state index is 0.0951. The van der Waals surface area contributed by atoms with E-state index in [9.17, 15) is 10.2 Å². The lowest BCUT2D eigenvalue weighted by atomic mass is 9.71. The van der Waals surface area contributed by atoms with Crippen LogP contribution in [0.2, 0.25) is 10.0 Å². The van der Waals surface area contributed by atoms with Crippen LogP contribution in [0.3, 0.4) is 0 Å². The van der Waals surface area contributed by atoms with Gasteiger partial charge in [-0.3, -0.25) is 0 Å². The minimum atomic E-state index is -0.395. The van der Waals surface area contributed by atoms with E-state index in [1.165, 1.54) is 0 Å². The SMILES string of the molecule is CC(C)c1c(C(C)(C)c2ccc(O)c(Cl)c2C(C)C)ccc(O)c1Cl. The van der Waals surface area contributed by atoms with E-state index in [0.29, 0.717) is 10.0 Å². The van der Waals surface area contributed by atoms with Crippen LogP contribution in [0.5, 0.6) is 11.5 Å². The van der Waals surface area contributed by atoms with Crippen molar-refractivity contribution in [1.82, 2.24) is 0 Å². The van der Waals surface area contributed by atoms with Crippen molar-refractivity contribution in [2.75, 3.05) is 0 Å². The third kappa shape index (κ3) is 3.47. The number of phenolic OH excluding ortho intramolecular Hbond substituents is 2. The molecule has 2 N–H and O–H groups in total. The van der Waals surface area contributed by atoms with Gasteiger partial charge < -0.3 is 10.2 Å². The molecule has 2 nitrogen and oxygen atoms in total. The van der Waals surface area contributed by atoms with Crippen molar-refractivity contribution in [3.8, 4) is 11.5 Å². The molecule has 0 aliphatic carbocycles. The first-order valence-corrected chi connectivity index (χ1v) is 9.29.